The Balaban J connectivity index is 0.00000338. The number of benzene rings is 1. The molecule has 1 amide bonds. The number of hydrogen-bond acceptors (Lipinski definition) is 4. The maximum atomic E-state index is 11.8. The van der Waals surface area contributed by atoms with Crippen LogP contribution < -0.4 is 15.4 Å². The molecule has 0 bridgehead atoms. The third kappa shape index (κ3) is 6.22. The molecule has 1 aromatic rings. The van der Waals surface area contributed by atoms with Crippen LogP contribution in [0.3, 0.4) is 0 Å². The van der Waals surface area contributed by atoms with Gasteiger partial charge in [0.2, 0.25) is 5.91 Å². The quantitative estimate of drug-likeness (QED) is 0.333. The van der Waals surface area contributed by atoms with Crippen LogP contribution in [-0.2, 0) is 11.3 Å². The predicted octanol–water partition coefficient (Wildman–Crippen LogP) is 2.08. The molecule has 1 aliphatic heterocycles. The van der Waals surface area contributed by atoms with E-state index >= 15 is 0 Å². The fourth-order valence-corrected chi connectivity index (χ4v) is 2.82. The van der Waals surface area contributed by atoms with Gasteiger partial charge in [-0.15, -0.1) is 24.0 Å². The van der Waals surface area contributed by atoms with E-state index < -0.39 is 0 Å². The molecule has 1 atom stereocenters. The van der Waals surface area contributed by atoms with Crippen molar-refractivity contribution in [2.45, 2.75) is 39.3 Å². The molecule has 8 heteroatoms. The number of nitrogens with zero attached hydrogens (tertiary/aromatic N) is 2. The number of carbonyl (C=O) groups excluding carboxylic acids is 1. The van der Waals surface area contributed by atoms with Crippen LogP contribution in [0.5, 0.6) is 11.5 Å². The van der Waals surface area contributed by atoms with E-state index in [2.05, 4.69) is 15.6 Å². The first-order valence-corrected chi connectivity index (χ1v) is 8.75. The van der Waals surface area contributed by atoms with Crippen molar-refractivity contribution < 1.29 is 14.6 Å². The van der Waals surface area contributed by atoms with Gasteiger partial charge in [0, 0.05) is 37.7 Å². The summed E-state index contributed by atoms with van der Waals surface area (Å²) in [4.78, 5) is 18.2. The van der Waals surface area contributed by atoms with Gasteiger partial charge in [-0.25, -0.2) is 4.99 Å². The molecule has 0 saturated carbocycles. The van der Waals surface area contributed by atoms with Crippen LogP contribution in [0.4, 0.5) is 0 Å². The summed E-state index contributed by atoms with van der Waals surface area (Å²) in [6.07, 6.45) is 1.44. The van der Waals surface area contributed by atoms with E-state index in [1.807, 2.05) is 18.7 Å². The summed E-state index contributed by atoms with van der Waals surface area (Å²) in [6, 6.07) is 5.28. The Hall–Kier alpha value is -1.71. The van der Waals surface area contributed by atoms with Crippen LogP contribution in [-0.4, -0.2) is 54.7 Å². The molecule has 0 aliphatic carbocycles. The van der Waals surface area contributed by atoms with Crippen LogP contribution in [0, 0.1) is 0 Å². The number of guanidine groups is 1. The van der Waals surface area contributed by atoms with Gasteiger partial charge in [0.25, 0.3) is 0 Å². The molecule has 1 aliphatic rings. The van der Waals surface area contributed by atoms with E-state index in [1.54, 1.807) is 25.3 Å². The molecule has 26 heavy (non-hydrogen) atoms. The number of phenolic OH excluding ortho intramolecular Hbond substituents is 1. The topological polar surface area (TPSA) is 86.2 Å². The smallest absolute Gasteiger partial charge is 0.222 e. The molecule has 0 radical (unpaired) electrons. The van der Waals surface area contributed by atoms with Crippen molar-refractivity contribution >= 4 is 35.8 Å². The second-order valence-corrected chi connectivity index (χ2v) is 6.01. The van der Waals surface area contributed by atoms with Gasteiger partial charge < -0.3 is 25.4 Å². The first-order chi connectivity index (χ1) is 12.1. The number of nitrogens with one attached hydrogen (secondary N) is 2. The van der Waals surface area contributed by atoms with Gasteiger partial charge >= 0.3 is 0 Å². The zero-order valence-corrected chi connectivity index (χ0v) is 17.9. The number of hydrogen-bond donors (Lipinski definition) is 3. The lowest BCUT2D eigenvalue weighted by Gasteiger charge is -2.18. The third-order valence-electron chi connectivity index (χ3n) is 4.22. The molecule has 1 fully saturated rings. The maximum Gasteiger partial charge on any atom is 0.222 e. The van der Waals surface area contributed by atoms with Crippen LogP contribution in [0.1, 0.15) is 32.3 Å². The molecule has 0 aromatic heterocycles. The lowest BCUT2D eigenvalue weighted by atomic mass is 10.2. The van der Waals surface area contributed by atoms with Gasteiger partial charge in [-0.05, 0) is 31.5 Å². The van der Waals surface area contributed by atoms with E-state index in [4.69, 9.17) is 4.74 Å². The number of amides is 1. The fraction of sp³-hybridized carbons (Fsp3) is 0.556. The van der Waals surface area contributed by atoms with E-state index in [0.717, 1.165) is 19.5 Å². The predicted molar refractivity (Wildman–Crippen MR) is 113 cm³/mol. The molecular weight excluding hydrogens is 447 g/mol. The average Bonchev–Trinajstić information content (AvgIpc) is 3.09. The van der Waals surface area contributed by atoms with Gasteiger partial charge in [0.1, 0.15) is 11.5 Å². The van der Waals surface area contributed by atoms with E-state index in [0.29, 0.717) is 36.8 Å². The summed E-state index contributed by atoms with van der Waals surface area (Å²) in [5, 5.41) is 16.6. The van der Waals surface area contributed by atoms with Crippen molar-refractivity contribution in [3.8, 4) is 11.5 Å². The lowest BCUT2D eigenvalue weighted by molar-refractivity contribution is -0.129. The minimum Gasteiger partial charge on any atom is -0.508 e. The number of ether oxygens (including phenoxy) is 1. The highest BCUT2D eigenvalue weighted by Crippen LogP contribution is 2.23. The Morgan fingerprint density at radius 1 is 1.42 bits per heavy atom. The van der Waals surface area contributed by atoms with E-state index in [1.165, 1.54) is 0 Å². The van der Waals surface area contributed by atoms with Crippen LogP contribution in [0.2, 0.25) is 0 Å². The first-order valence-electron chi connectivity index (χ1n) is 8.75. The molecule has 3 N–H and O–H groups in total. The van der Waals surface area contributed by atoms with Crippen molar-refractivity contribution in [3.05, 3.63) is 23.8 Å². The van der Waals surface area contributed by atoms with Gasteiger partial charge in [-0.1, -0.05) is 6.92 Å². The zero-order valence-electron chi connectivity index (χ0n) is 15.6. The number of halogens is 1. The fourth-order valence-electron chi connectivity index (χ4n) is 2.82. The first kappa shape index (κ1) is 22.3. The molecular formula is C18H29IN4O3. The summed E-state index contributed by atoms with van der Waals surface area (Å²) in [5.74, 6) is 1.75. The van der Waals surface area contributed by atoms with Gasteiger partial charge in [-0.3, -0.25) is 4.79 Å². The maximum absolute atomic E-state index is 11.8. The highest BCUT2D eigenvalue weighted by Gasteiger charge is 2.25. The van der Waals surface area contributed by atoms with Gasteiger partial charge in [0.15, 0.2) is 5.96 Å². The van der Waals surface area contributed by atoms with Gasteiger partial charge in [-0.2, -0.15) is 0 Å². The number of aromatic hydroxyl groups is 1. The third-order valence-corrected chi connectivity index (χ3v) is 4.22. The number of phenols is 1. The largest absolute Gasteiger partial charge is 0.508 e. The summed E-state index contributed by atoms with van der Waals surface area (Å²) in [6.45, 7) is 6.43. The molecule has 7 nitrogen and oxygen atoms in total. The normalized spacial score (nSPS) is 16.8. The second kappa shape index (κ2) is 11.1. The van der Waals surface area contributed by atoms with E-state index in [9.17, 15) is 9.90 Å². The number of methoxy groups -OCH3 is 1. The lowest BCUT2D eigenvalue weighted by Crippen LogP contribution is -2.45. The van der Waals surface area contributed by atoms with E-state index in [-0.39, 0.29) is 41.7 Å². The Kier molecular flexibility index (Phi) is 9.53. The molecule has 2 rings (SSSR count). The molecule has 1 saturated heterocycles. The number of aliphatic imine (C=N–C) groups is 1. The van der Waals surface area contributed by atoms with Crippen molar-refractivity contribution in [3.63, 3.8) is 0 Å². The minimum atomic E-state index is 0. The Bertz CT molecular complexity index is 624. The Morgan fingerprint density at radius 3 is 2.85 bits per heavy atom. The van der Waals surface area contributed by atoms with Crippen LogP contribution in [0.25, 0.3) is 0 Å². The highest BCUT2D eigenvalue weighted by molar-refractivity contribution is 14.0. The second-order valence-electron chi connectivity index (χ2n) is 6.01. The standard InChI is InChI=1S/C18H28N4O3.HI/c1-4-17(24)22-9-8-14(12-22)21-18(19-5-2)20-11-13-10-15(25-3)6-7-16(13)23;/h6-7,10,14,23H,4-5,8-9,11-12H2,1-3H3,(H2,19,20,21);1H. The van der Waals surface area contributed by atoms with Crippen molar-refractivity contribution in [1.82, 2.24) is 15.5 Å². The monoisotopic (exact) mass is 476 g/mol. The summed E-state index contributed by atoms with van der Waals surface area (Å²) >= 11 is 0. The van der Waals surface area contributed by atoms with Crippen molar-refractivity contribution in [1.29, 1.82) is 0 Å². The number of likely N-dealkylation sites (tertiary alicyclic amines) is 1. The van der Waals surface area contributed by atoms with Crippen molar-refractivity contribution in [2.75, 3.05) is 26.7 Å². The molecule has 1 heterocycles. The van der Waals surface area contributed by atoms with Crippen LogP contribution in [0.15, 0.2) is 23.2 Å². The molecule has 0 spiro atoms. The van der Waals surface area contributed by atoms with Gasteiger partial charge in [0.05, 0.1) is 13.7 Å². The SMILES string of the molecule is CCNC(=NCc1cc(OC)ccc1O)NC1CCN(C(=O)CC)C1.I. The molecule has 1 unspecified atom stereocenters. The number of carbonyl (C=O) groups is 1. The average molecular weight is 476 g/mol. The highest BCUT2D eigenvalue weighted by atomic mass is 127. The summed E-state index contributed by atoms with van der Waals surface area (Å²) in [5.41, 5.74) is 0.700. The zero-order chi connectivity index (χ0) is 18.2. The van der Waals surface area contributed by atoms with Crippen molar-refractivity contribution in [2.24, 2.45) is 4.99 Å². The Morgan fingerprint density at radius 2 is 2.19 bits per heavy atom. The number of rotatable bonds is 6. The minimum absolute atomic E-state index is 0. The summed E-state index contributed by atoms with van der Waals surface area (Å²) < 4.78 is 5.19. The Labute approximate surface area is 172 Å². The van der Waals surface area contributed by atoms with Crippen LogP contribution >= 0.6 is 24.0 Å². The molecule has 146 valence electrons. The molecule has 1 aromatic carbocycles. The summed E-state index contributed by atoms with van der Waals surface area (Å²) in [7, 11) is 1.59.